The van der Waals surface area contributed by atoms with E-state index in [9.17, 15) is 31.5 Å². The van der Waals surface area contributed by atoms with Gasteiger partial charge in [0.25, 0.3) is 0 Å². The molecule has 1 unspecified atom stereocenters. The van der Waals surface area contributed by atoms with Crippen LogP contribution in [0.15, 0.2) is 53.7 Å². The Morgan fingerprint density at radius 3 is 2.21 bits per heavy atom. The van der Waals surface area contributed by atoms with Crippen molar-refractivity contribution in [3.8, 4) is 0 Å². The fourth-order valence-electron chi connectivity index (χ4n) is 3.86. The minimum absolute atomic E-state index is 0.0333. The van der Waals surface area contributed by atoms with Gasteiger partial charge in [-0.15, -0.1) is 0 Å². The molecule has 1 atom stereocenters. The standard InChI is InChI=1S/C25H24F5NO3/c1-14(2)13-34-24(33)23-15(3)31(12-16-8-19(26)10-20(27)9-16)22(32)11-21(23)17-4-6-18(7-5-17)25(28,29)30/h4-10,14,21H,11-13H2,1-3H3. The molecule has 1 heterocycles. The fraction of sp³-hybridized carbons (Fsp3) is 0.360. The molecule has 0 spiro atoms. The number of carbonyl (C=O) groups excluding carboxylic acids is 2. The maximum absolute atomic E-state index is 13.6. The van der Waals surface area contributed by atoms with Crippen molar-refractivity contribution in [3.05, 3.63) is 82.1 Å². The Hall–Kier alpha value is -3.23. The average Bonchev–Trinajstić information content (AvgIpc) is 2.73. The van der Waals surface area contributed by atoms with E-state index in [4.69, 9.17) is 4.74 Å². The van der Waals surface area contributed by atoms with Gasteiger partial charge in [-0.3, -0.25) is 4.79 Å². The molecule has 0 aliphatic carbocycles. The van der Waals surface area contributed by atoms with Crippen LogP contribution in [0.4, 0.5) is 22.0 Å². The highest BCUT2D eigenvalue weighted by Gasteiger charge is 2.38. The van der Waals surface area contributed by atoms with Crippen molar-refractivity contribution in [1.29, 1.82) is 0 Å². The number of ether oxygens (including phenoxy) is 1. The molecule has 1 aliphatic heterocycles. The van der Waals surface area contributed by atoms with E-state index in [1.54, 1.807) is 0 Å². The summed E-state index contributed by atoms with van der Waals surface area (Å²) in [6.45, 7) is 5.13. The molecule has 0 fully saturated rings. The first-order chi connectivity index (χ1) is 15.9. The summed E-state index contributed by atoms with van der Waals surface area (Å²) < 4.78 is 71.6. The van der Waals surface area contributed by atoms with Gasteiger partial charge in [-0.2, -0.15) is 13.2 Å². The number of esters is 1. The van der Waals surface area contributed by atoms with E-state index in [-0.39, 0.29) is 42.3 Å². The van der Waals surface area contributed by atoms with Gasteiger partial charge >= 0.3 is 12.1 Å². The number of allylic oxidation sites excluding steroid dienone is 1. The van der Waals surface area contributed by atoms with Crippen LogP contribution in [0.25, 0.3) is 0 Å². The Balaban J connectivity index is 2.02. The van der Waals surface area contributed by atoms with Gasteiger partial charge < -0.3 is 9.64 Å². The van der Waals surface area contributed by atoms with Crippen LogP contribution >= 0.6 is 0 Å². The second kappa shape index (κ2) is 9.95. The lowest BCUT2D eigenvalue weighted by molar-refractivity contribution is -0.141. The zero-order chi connectivity index (χ0) is 25.2. The van der Waals surface area contributed by atoms with Gasteiger partial charge in [0.2, 0.25) is 5.91 Å². The third kappa shape index (κ3) is 5.81. The smallest absolute Gasteiger partial charge is 0.416 e. The van der Waals surface area contributed by atoms with Crippen LogP contribution in [-0.4, -0.2) is 23.4 Å². The molecule has 0 saturated heterocycles. The molecular formula is C25H24F5NO3. The van der Waals surface area contributed by atoms with Gasteiger partial charge in [0.05, 0.1) is 24.3 Å². The number of nitrogens with zero attached hydrogens (tertiary/aromatic N) is 1. The van der Waals surface area contributed by atoms with Crippen LogP contribution in [-0.2, 0) is 27.0 Å². The highest BCUT2D eigenvalue weighted by atomic mass is 19.4. The van der Waals surface area contributed by atoms with E-state index in [0.29, 0.717) is 11.6 Å². The summed E-state index contributed by atoms with van der Waals surface area (Å²) in [6.07, 6.45) is -4.74. The number of carbonyl (C=O) groups is 2. The molecule has 1 aliphatic rings. The van der Waals surface area contributed by atoms with E-state index < -0.39 is 41.2 Å². The molecule has 2 aromatic carbocycles. The van der Waals surface area contributed by atoms with Crippen molar-refractivity contribution in [2.75, 3.05) is 6.61 Å². The Bertz CT molecular complexity index is 1090. The highest BCUT2D eigenvalue weighted by molar-refractivity contribution is 5.95. The second-order valence-electron chi connectivity index (χ2n) is 8.63. The van der Waals surface area contributed by atoms with Gasteiger partial charge in [-0.1, -0.05) is 26.0 Å². The summed E-state index contributed by atoms with van der Waals surface area (Å²) in [4.78, 5) is 27.2. The number of hydrogen-bond acceptors (Lipinski definition) is 3. The number of rotatable bonds is 6. The molecule has 0 aromatic heterocycles. The molecule has 182 valence electrons. The summed E-state index contributed by atoms with van der Waals surface area (Å²) in [6, 6.07) is 7.15. The number of amides is 1. The minimum atomic E-state index is -4.53. The molecule has 0 N–H and O–H groups in total. The SMILES string of the molecule is CC1=C(C(=O)OCC(C)C)C(c2ccc(C(F)(F)F)cc2)CC(=O)N1Cc1cc(F)cc(F)c1. The zero-order valence-electron chi connectivity index (χ0n) is 18.9. The normalized spacial score (nSPS) is 16.9. The summed E-state index contributed by atoms with van der Waals surface area (Å²) in [5, 5.41) is 0. The first kappa shape index (κ1) is 25.4. The average molecular weight is 481 g/mol. The van der Waals surface area contributed by atoms with Gasteiger partial charge in [-0.05, 0) is 48.2 Å². The second-order valence-corrected chi connectivity index (χ2v) is 8.63. The van der Waals surface area contributed by atoms with E-state index in [0.717, 1.165) is 24.3 Å². The molecule has 0 bridgehead atoms. The number of alkyl halides is 3. The molecule has 9 heteroatoms. The van der Waals surface area contributed by atoms with E-state index >= 15 is 0 Å². The monoisotopic (exact) mass is 481 g/mol. The van der Waals surface area contributed by atoms with Crippen molar-refractivity contribution < 1.29 is 36.3 Å². The van der Waals surface area contributed by atoms with Crippen molar-refractivity contribution in [1.82, 2.24) is 4.90 Å². The molecule has 3 rings (SSSR count). The van der Waals surface area contributed by atoms with Crippen LogP contribution in [0.3, 0.4) is 0 Å². The van der Waals surface area contributed by atoms with Crippen molar-refractivity contribution in [3.63, 3.8) is 0 Å². The summed E-state index contributed by atoms with van der Waals surface area (Å²) in [5.41, 5.74) is 0.0379. The Morgan fingerprint density at radius 2 is 1.68 bits per heavy atom. The summed E-state index contributed by atoms with van der Waals surface area (Å²) in [5.74, 6) is -3.53. The Morgan fingerprint density at radius 1 is 1.09 bits per heavy atom. The first-order valence-electron chi connectivity index (χ1n) is 10.7. The van der Waals surface area contributed by atoms with Crippen LogP contribution in [0, 0.1) is 17.6 Å². The van der Waals surface area contributed by atoms with Gasteiger partial charge in [-0.25, -0.2) is 13.6 Å². The quantitative estimate of drug-likeness (QED) is 0.377. The van der Waals surface area contributed by atoms with Gasteiger partial charge in [0.1, 0.15) is 11.6 Å². The number of hydrogen-bond donors (Lipinski definition) is 0. The Kier molecular flexibility index (Phi) is 7.43. The zero-order valence-corrected chi connectivity index (χ0v) is 18.9. The maximum Gasteiger partial charge on any atom is 0.416 e. The summed E-state index contributed by atoms with van der Waals surface area (Å²) >= 11 is 0. The minimum Gasteiger partial charge on any atom is -0.462 e. The highest BCUT2D eigenvalue weighted by Crippen LogP contribution is 2.39. The molecular weight excluding hydrogens is 457 g/mol. The van der Waals surface area contributed by atoms with Gasteiger partial charge in [0, 0.05) is 24.1 Å². The Labute approximate surface area is 194 Å². The van der Waals surface area contributed by atoms with Crippen molar-refractivity contribution in [2.24, 2.45) is 5.92 Å². The van der Waals surface area contributed by atoms with E-state index in [2.05, 4.69) is 0 Å². The van der Waals surface area contributed by atoms with Crippen LogP contribution in [0.2, 0.25) is 0 Å². The molecule has 4 nitrogen and oxygen atoms in total. The van der Waals surface area contributed by atoms with Crippen molar-refractivity contribution in [2.45, 2.75) is 45.8 Å². The lowest BCUT2D eigenvalue weighted by Crippen LogP contribution is -2.38. The molecule has 2 aromatic rings. The van der Waals surface area contributed by atoms with E-state index in [1.165, 1.54) is 24.0 Å². The van der Waals surface area contributed by atoms with Crippen LogP contribution in [0.1, 0.15) is 49.8 Å². The third-order valence-electron chi connectivity index (χ3n) is 5.49. The largest absolute Gasteiger partial charge is 0.462 e. The summed E-state index contributed by atoms with van der Waals surface area (Å²) in [7, 11) is 0. The fourth-order valence-corrected chi connectivity index (χ4v) is 3.86. The van der Waals surface area contributed by atoms with E-state index in [1.807, 2.05) is 13.8 Å². The lowest BCUT2D eigenvalue weighted by atomic mass is 9.83. The molecule has 1 amide bonds. The van der Waals surface area contributed by atoms with Crippen molar-refractivity contribution >= 4 is 11.9 Å². The number of halogens is 5. The lowest BCUT2D eigenvalue weighted by Gasteiger charge is -2.34. The van der Waals surface area contributed by atoms with Gasteiger partial charge in [0.15, 0.2) is 0 Å². The third-order valence-corrected chi connectivity index (χ3v) is 5.49. The van der Waals surface area contributed by atoms with Crippen LogP contribution < -0.4 is 0 Å². The topological polar surface area (TPSA) is 46.6 Å². The molecule has 0 radical (unpaired) electrons. The maximum atomic E-state index is 13.6. The first-order valence-corrected chi connectivity index (χ1v) is 10.7. The molecule has 34 heavy (non-hydrogen) atoms. The molecule has 0 saturated carbocycles. The van der Waals surface area contributed by atoms with Crippen LogP contribution in [0.5, 0.6) is 0 Å². The number of benzene rings is 2. The predicted octanol–water partition coefficient (Wildman–Crippen LogP) is 5.97. The predicted molar refractivity (Wildman–Crippen MR) is 114 cm³/mol.